The Hall–Kier alpha value is -1.88. The minimum atomic E-state index is -0.251. The van der Waals surface area contributed by atoms with Gasteiger partial charge in [0.1, 0.15) is 12.0 Å². The van der Waals surface area contributed by atoms with Gasteiger partial charge < -0.3 is 14.6 Å². The summed E-state index contributed by atoms with van der Waals surface area (Å²) in [5.74, 6) is 0.0538. The molecule has 120 valence electrons. The molecular formula is C18H18ClNO3. The van der Waals surface area contributed by atoms with Crippen LogP contribution in [0.2, 0.25) is 5.02 Å². The first-order valence-corrected chi connectivity index (χ1v) is 7.88. The van der Waals surface area contributed by atoms with Gasteiger partial charge in [-0.05, 0) is 23.3 Å². The van der Waals surface area contributed by atoms with Gasteiger partial charge >= 0.3 is 0 Å². The molecule has 1 heterocycles. The normalized spacial score (nSPS) is 22.0. The molecule has 1 N–H and O–H groups in total. The highest BCUT2D eigenvalue weighted by Crippen LogP contribution is 2.31. The number of morpholine rings is 1. The highest BCUT2D eigenvalue weighted by molar-refractivity contribution is 6.32. The van der Waals surface area contributed by atoms with Gasteiger partial charge in [-0.1, -0.05) is 48.0 Å². The lowest BCUT2D eigenvalue weighted by atomic mass is 10.0. The lowest BCUT2D eigenvalue weighted by Crippen LogP contribution is -2.47. The smallest absolute Gasteiger partial charge is 0.139 e. The number of aromatic hydroxyl groups is 1. The van der Waals surface area contributed by atoms with Gasteiger partial charge in [-0.3, -0.25) is 4.90 Å². The highest BCUT2D eigenvalue weighted by atomic mass is 35.5. The van der Waals surface area contributed by atoms with Crippen LogP contribution >= 0.6 is 11.6 Å². The Balaban J connectivity index is 1.77. The lowest BCUT2D eigenvalue weighted by molar-refractivity contribution is -0.124. The van der Waals surface area contributed by atoms with Crippen LogP contribution < -0.4 is 0 Å². The van der Waals surface area contributed by atoms with Gasteiger partial charge in [-0.2, -0.15) is 0 Å². The first-order chi connectivity index (χ1) is 11.2. The van der Waals surface area contributed by atoms with Gasteiger partial charge in [0.25, 0.3) is 0 Å². The van der Waals surface area contributed by atoms with Gasteiger partial charge in [-0.15, -0.1) is 0 Å². The zero-order chi connectivity index (χ0) is 16.2. The van der Waals surface area contributed by atoms with Crippen LogP contribution in [0.3, 0.4) is 0 Å². The molecule has 0 aromatic heterocycles. The Morgan fingerprint density at radius 2 is 2.04 bits per heavy atom. The van der Waals surface area contributed by atoms with E-state index in [1.54, 1.807) is 18.2 Å². The number of carbonyl (C=O) groups is 1. The molecule has 0 amide bonds. The number of carbonyl (C=O) groups excluding carboxylic acids is 1. The molecule has 1 aliphatic rings. The number of phenolic OH excluding ortho intramolecular Hbond substituents is 1. The Bertz CT molecular complexity index is 677. The van der Waals surface area contributed by atoms with Crippen molar-refractivity contribution in [2.75, 3.05) is 13.2 Å². The topological polar surface area (TPSA) is 49.8 Å². The third kappa shape index (κ3) is 3.72. The average molecular weight is 332 g/mol. The van der Waals surface area contributed by atoms with Crippen molar-refractivity contribution in [3.63, 3.8) is 0 Å². The number of halogens is 1. The zero-order valence-electron chi connectivity index (χ0n) is 12.6. The third-order valence-electron chi connectivity index (χ3n) is 4.07. The second kappa shape index (κ2) is 7.13. The molecule has 2 atom stereocenters. The van der Waals surface area contributed by atoms with Crippen LogP contribution in [0.4, 0.5) is 0 Å². The molecule has 5 heteroatoms. The summed E-state index contributed by atoms with van der Waals surface area (Å²) in [7, 11) is 0. The molecule has 23 heavy (non-hydrogen) atoms. The number of rotatable bonds is 4. The van der Waals surface area contributed by atoms with Crippen molar-refractivity contribution in [1.29, 1.82) is 0 Å². The van der Waals surface area contributed by atoms with Gasteiger partial charge in [0, 0.05) is 13.1 Å². The Morgan fingerprint density at radius 1 is 1.26 bits per heavy atom. The van der Waals surface area contributed by atoms with E-state index in [2.05, 4.69) is 4.90 Å². The molecule has 0 radical (unpaired) electrons. The van der Waals surface area contributed by atoms with Crippen molar-refractivity contribution >= 4 is 17.9 Å². The van der Waals surface area contributed by atoms with E-state index in [4.69, 9.17) is 16.3 Å². The average Bonchev–Trinajstić information content (AvgIpc) is 2.58. The van der Waals surface area contributed by atoms with Gasteiger partial charge in [-0.25, -0.2) is 0 Å². The molecule has 1 saturated heterocycles. The first kappa shape index (κ1) is 16.0. The number of phenols is 1. The first-order valence-electron chi connectivity index (χ1n) is 7.50. The number of nitrogens with zero attached hydrogens (tertiary/aromatic N) is 1. The largest absolute Gasteiger partial charge is 0.506 e. The number of ether oxygens (including phenoxy) is 1. The third-order valence-corrected chi connectivity index (χ3v) is 4.37. The molecule has 0 aliphatic carbocycles. The van der Waals surface area contributed by atoms with Gasteiger partial charge in [0.2, 0.25) is 0 Å². The summed E-state index contributed by atoms with van der Waals surface area (Å²) in [4.78, 5) is 13.4. The molecule has 0 saturated carbocycles. The fourth-order valence-corrected chi connectivity index (χ4v) is 2.96. The van der Waals surface area contributed by atoms with E-state index in [0.717, 1.165) is 17.4 Å². The van der Waals surface area contributed by atoms with Crippen LogP contribution in [0.15, 0.2) is 48.5 Å². The number of aldehydes is 1. The Kier molecular flexibility index (Phi) is 4.96. The van der Waals surface area contributed by atoms with Crippen molar-refractivity contribution in [3.05, 3.63) is 64.7 Å². The standard InChI is InChI=1S/C18H18ClNO3/c19-16-8-14(6-7-17(16)22)18-10-20(15(11-21)12-23-18)9-13-4-2-1-3-5-13/h1-8,11,15,18,22H,9-10,12H2. The quantitative estimate of drug-likeness (QED) is 0.874. The SMILES string of the molecule is O=CC1COC(c2ccc(O)c(Cl)c2)CN1Cc1ccccc1. The Labute approximate surface area is 140 Å². The highest BCUT2D eigenvalue weighted by Gasteiger charge is 2.29. The van der Waals surface area contributed by atoms with Crippen molar-refractivity contribution in [2.24, 2.45) is 0 Å². The maximum Gasteiger partial charge on any atom is 0.139 e. The van der Waals surface area contributed by atoms with E-state index >= 15 is 0 Å². The Morgan fingerprint density at radius 3 is 2.74 bits per heavy atom. The van der Waals surface area contributed by atoms with Crippen molar-refractivity contribution < 1.29 is 14.6 Å². The van der Waals surface area contributed by atoms with Crippen LogP contribution in [0.5, 0.6) is 5.75 Å². The monoisotopic (exact) mass is 331 g/mol. The fourth-order valence-electron chi connectivity index (χ4n) is 2.77. The van der Waals surface area contributed by atoms with Crippen molar-refractivity contribution in [2.45, 2.75) is 18.7 Å². The van der Waals surface area contributed by atoms with Crippen LogP contribution in [-0.2, 0) is 16.1 Å². The van der Waals surface area contributed by atoms with Crippen LogP contribution in [0.1, 0.15) is 17.2 Å². The van der Waals surface area contributed by atoms with Gasteiger partial charge in [0.05, 0.1) is 23.8 Å². The lowest BCUT2D eigenvalue weighted by Gasteiger charge is -2.37. The molecule has 1 fully saturated rings. The van der Waals surface area contributed by atoms with Gasteiger partial charge in [0.15, 0.2) is 0 Å². The molecule has 0 bridgehead atoms. The van der Waals surface area contributed by atoms with E-state index in [9.17, 15) is 9.90 Å². The molecule has 2 aromatic carbocycles. The van der Waals surface area contributed by atoms with Crippen molar-refractivity contribution in [3.8, 4) is 5.75 Å². The summed E-state index contributed by atoms with van der Waals surface area (Å²) >= 11 is 5.98. The predicted molar refractivity (Wildman–Crippen MR) is 88.5 cm³/mol. The van der Waals surface area contributed by atoms with Crippen molar-refractivity contribution in [1.82, 2.24) is 4.90 Å². The summed E-state index contributed by atoms with van der Waals surface area (Å²) in [5.41, 5.74) is 2.05. The second-order valence-electron chi connectivity index (χ2n) is 5.65. The predicted octanol–water partition coefficient (Wildman–Crippen LogP) is 3.19. The number of hydrogen-bond donors (Lipinski definition) is 1. The van der Waals surface area contributed by atoms with Crippen LogP contribution in [0.25, 0.3) is 0 Å². The number of benzene rings is 2. The van der Waals surface area contributed by atoms with Crippen LogP contribution in [-0.4, -0.2) is 35.5 Å². The molecule has 4 nitrogen and oxygen atoms in total. The maximum absolute atomic E-state index is 11.3. The minimum Gasteiger partial charge on any atom is -0.506 e. The van der Waals surface area contributed by atoms with E-state index in [-0.39, 0.29) is 17.9 Å². The summed E-state index contributed by atoms with van der Waals surface area (Å²) in [5, 5.41) is 9.84. The van der Waals surface area contributed by atoms with E-state index < -0.39 is 0 Å². The van der Waals surface area contributed by atoms with Crippen LogP contribution in [0, 0.1) is 0 Å². The number of hydrogen-bond acceptors (Lipinski definition) is 4. The summed E-state index contributed by atoms with van der Waals surface area (Å²) in [6.07, 6.45) is 0.760. The zero-order valence-corrected chi connectivity index (χ0v) is 13.3. The summed E-state index contributed by atoms with van der Waals surface area (Å²) < 4.78 is 5.82. The summed E-state index contributed by atoms with van der Waals surface area (Å²) in [6, 6.07) is 14.9. The van der Waals surface area contributed by atoms with E-state index in [1.807, 2.05) is 30.3 Å². The molecule has 0 spiro atoms. The molecule has 1 aliphatic heterocycles. The minimum absolute atomic E-state index is 0.0538. The van der Waals surface area contributed by atoms with E-state index in [0.29, 0.717) is 24.7 Å². The fraction of sp³-hybridized carbons (Fsp3) is 0.278. The molecule has 2 unspecified atom stereocenters. The maximum atomic E-state index is 11.3. The molecule has 2 aromatic rings. The molecular weight excluding hydrogens is 314 g/mol. The van der Waals surface area contributed by atoms with E-state index in [1.165, 1.54) is 0 Å². The second-order valence-corrected chi connectivity index (χ2v) is 6.06. The molecule has 3 rings (SSSR count). The summed E-state index contributed by atoms with van der Waals surface area (Å²) in [6.45, 7) is 1.63.